The van der Waals surface area contributed by atoms with Gasteiger partial charge in [0, 0.05) is 17.9 Å². The van der Waals surface area contributed by atoms with Gasteiger partial charge in [-0.15, -0.1) is 0 Å². The second-order valence-electron chi connectivity index (χ2n) is 11.2. The number of primary amides is 1. The first-order chi connectivity index (χ1) is 16.8. The highest BCUT2D eigenvalue weighted by Crippen LogP contribution is 2.63. The highest BCUT2D eigenvalue weighted by molar-refractivity contribution is 5.93. The molecule has 3 N–H and O–H groups in total. The van der Waals surface area contributed by atoms with Crippen molar-refractivity contribution >= 4 is 11.7 Å². The van der Waals surface area contributed by atoms with E-state index in [1.165, 1.54) is 16.7 Å². The van der Waals surface area contributed by atoms with E-state index < -0.39 is 5.91 Å². The molecule has 4 aliphatic carbocycles. The van der Waals surface area contributed by atoms with E-state index in [0.29, 0.717) is 23.8 Å². The monoisotopic (exact) mass is 467 g/mol. The van der Waals surface area contributed by atoms with Gasteiger partial charge in [0.05, 0.1) is 6.10 Å². The predicted octanol–water partition coefficient (Wildman–Crippen LogP) is 5.71. The molecule has 0 spiro atoms. The van der Waals surface area contributed by atoms with Crippen molar-refractivity contribution in [1.29, 1.82) is 0 Å². The standard InChI is InChI=1S/C31H33NO3/c1-31-17-26(20-6-2-18(3-7-20)19-4-8-21(9-5-19)30(32)35)29-24-13-11-23(33)16-22(24)10-12-25(29)27(31)14-15-28(31)34/h2-9,16,25-28,34H,10-15,17H2,1H3,(H2,32,35)/t25-,26+,27?,28-,31-/m0/s1. The van der Waals surface area contributed by atoms with Gasteiger partial charge in [-0.25, -0.2) is 0 Å². The molecule has 35 heavy (non-hydrogen) atoms. The van der Waals surface area contributed by atoms with Crippen LogP contribution in [0.2, 0.25) is 0 Å². The molecular weight excluding hydrogens is 434 g/mol. The third-order valence-corrected chi connectivity index (χ3v) is 9.50. The van der Waals surface area contributed by atoms with Crippen LogP contribution in [0.1, 0.15) is 73.7 Å². The quantitative estimate of drug-likeness (QED) is 0.606. The molecule has 2 aromatic rings. The van der Waals surface area contributed by atoms with E-state index >= 15 is 0 Å². The van der Waals surface area contributed by atoms with Crippen molar-refractivity contribution in [3.8, 4) is 11.1 Å². The largest absolute Gasteiger partial charge is 0.393 e. The Balaban J connectivity index is 1.40. The maximum absolute atomic E-state index is 12.2. The van der Waals surface area contributed by atoms with Crippen LogP contribution in [-0.4, -0.2) is 22.9 Å². The van der Waals surface area contributed by atoms with Crippen LogP contribution in [0.25, 0.3) is 11.1 Å². The molecule has 0 heterocycles. The van der Waals surface area contributed by atoms with Gasteiger partial charge in [-0.2, -0.15) is 0 Å². The fourth-order valence-electron chi connectivity index (χ4n) is 7.67. The summed E-state index contributed by atoms with van der Waals surface area (Å²) in [6, 6.07) is 16.2. The van der Waals surface area contributed by atoms with Crippen LogP contribution < -0.4 is 5.73 Å². The highest BCUT2D eigenvalue weighted by Gasteiger charge is 2.56. The van der Waals surface area contributed by atoms with E-state index in [-0.39, 0.29) is 23.2 Å². The average molecular weight is 468 g/mol. The summed E-state index contributed by atoms with van der Waals surface area (Å²) in [6.45, 7) is 2.31. The van der Waals surface area contributed by atoms with Crippen LogP contribution in [0.4, 0.5) is 0 Å². The number of allylic oxidation sites excluding steroid dienone is 4. The van der Waals surface area contributed by atoms with Crippen LogP contribution >= 0.6 is 0 Å². The number of hydrogen-bond donors (Lipinski definition) is 2. The number of rotatable bonds is 3. The lowest BCUT2D eigenvalue weighted by Crippen LogP contribution is -2.45. The molecule has 0 aliphatic heterocycles. The molecule has 0 bridgehead atoms. The Bertz CT molecular complexity index is 1250. The lowest BCUT2D eigenvalue weighted by molar-refractivity contribution is -0.114. The normalized spacial score (nSPS) is 31.9. The molecular formula is C31H33NO3. The van der Waals surface area contributed by atoms with Crippen LogP contribution in [0, 0.1) is 17.3 Å². The molecule has 4 nitrogen and oxygen atoms in total. The van der Waals surface area contributed by atoms with Crippen LogP contribution in [0.5, 0.6) is 0 Å². The van der Waals surface area contributed by atoms with E-state index in [2.05, 4.69) is 31.2 Å². The Labute approximate surface area is 206 Å². The molecule has 1 unspecified atom stereocenters. The van der Waals surface area contributed by atoms with Crippen molar-refractivity contribution in [2.24, 2.45) is 23.0 Å². The topological polar surface area (TPSA) is 80.4 Å². The summed E-state index contributed by atoms with van der Waals surface area (Å²) in [7, 11) is 0. The zero-order valence-corrected chi connectivity index (χ0v) is 20.3. The molecule has 180 valence electrons. The molecule has 6 rings (SSSR count). The number of carbonyl (C=O) groups is 2. The maximum Gasteiger partial charge on any atom is 0.248 e. The van der Waals surface area contributed by atoms with E-state index in [4.69, 9.17) is 5.73 Å². The molecule has 2 saturated carbocycles. The Kier molecular flexibility index (Phi) is 5.33. The first kappa shape index (κ1) is 22.5. The number of aliphatic hydroxyl groups is 1. The third-order valence-electron chi connectivity index (χ3n) is 9.50. The van der Waals surface area contributed by atoms with Crippen molar-refractivity contribution in [1.82, 2.24) is 0 Å². The van der Waals surface area contributed by atoms with Crippen molar-refractivity contribution < 1.29 is 14.7 Å². The zero-order chi connectivity index (χ0) is 24.3. The second kappa shape index (κ2) is 8.30. The zero-order valence-electron chi connectivity index (χ0n) is 20.3. The van der Waals surface area contributed by atoms with Gasteiger partial charge in [-0.1, -0.05) is 48.9 Å². The Morgan fingerprint density at radius 3 is 2.31 bits per heavy atom. The van der Waals surface area contributed by atoms with Crippen molar-refractivity contribution in [3.63, 3.8) is 0 Å². The summed E-state index contributed by atoms with van der Waals surface area (Å²) in [5.41, 5.74) is 13.6. The van der Waals surface area contributed by atoms with Crippen LogP contribution in [-0.2, 0) is 4.79 Å². The number of aliphatic hydroxyl groups excluding tert-OH is 1. The summed E-state index contributed by atoms with van der Waals surface area (Å²) in [4.78, 5) is 23.6. The number of carbonyl (C=O) groups excluding carboxylic acids is 2. The molecule has 0 aromatic heterocycles. The van der Waals surface area contributed by atoms with Crippen LogP contribution in [0.3, 0.4) is 0 Å². The van der Waals surface area contributed by atoms with E-state index in [1.807, 2.05) is 18.2 Å². The summed E-state index contributed by atoms with van der Waals surface area (Å²) in [6.07, 6.45) is 8.19. The molecule has 0 radical (unpaired) electrons. The summed E-state index contributed by atoms with van der Waals surface area (Å²) >= 11 is 0. The fourth-order valence-corrected chi connectivity index (χ4v) is 7.67. The number of hydrogen-bond acceptors (Lipinski definition) is 3. The smallest absolute Gasteiger partial charge is 0.248 e. The molecule has 2 fully saturated rings. The third kappa shape index (κ3) is 3.61. The minimum absolute atomic E-state index is 0.0612. The van der Waals surface area contributed by atoms with Crippen molar-refractivity contribution in [2.45, 2.75) is 63.9 Å². The van der Waals surface area contributed by atoms with E-state index in [9.17, 15) is 14.7 Å². The molecule has 0 saturated heterocycles. The summed E-state index contributed by atoms with van der Waals surface area (Å²) in [5, 5.41) is 11.1. The maximum atomic E-state index is 12.2. The number of amides is 1. The van der Waals surface area contributed by atoms with Gasteiger partial charge in [0.2, 0.25) is 5.91 Å². The Hall–Kier alpha value is -2.98. The molecule has 2 aromatic carbocycles. The SMILES string of the molecule is C[C@]12C[C@H](c3ccc(-c4ccc(C(N)=O)cc4)cc3)C3=C4CCC(=O)C=C4CC[C@H]3C1CC[C@@H]2O. The number of benzene rings is 2. The first-order valence-electron chi connectivity index (χ1n) is 13.0. The van der Waals surface area contributed by atoms with Gasteiger partial charge in [0.1, 0.15) is 0 Å². The minimum atomic E-state index is -0.417. The average Bonchev–Trinajstić information content (AvgIpc) is 3.17. The Morgan fingerprint density at radius 1 is 0.943 bits per heavy atom. The van der Waals surface area contributed by atoms with Gasteiger partial charge >= 0.3 is 0 Å². The number of nitrogens with two attached hydrogens (primary N) is 1. The van der Waals surface area contributed by atoms with E-state index in [1.54, 1.807) is 17.7 Å². The van der Waals surface area contributed by atoms with Gasteiger partial charge in [0.15, 0.2) is 5.78 Å². The highest BCUT2D eigenvalue weighted by atomic mass is 16.3. The van der Waals surface area contributed by atoms with E-state index in [0.717, 1.165) is 49.7 Å². The number of ketones is 1. The second-order valence-corrected chi connectivity index (χ2v) is 11.2. The molecule has 1 amide bonds. The summed E-state index contributed by atoms with van der Waals surface area (Å²) in [5.74, 6) is 1.14. The molecule has 4 aliphatic rings. The van der Waals surface area contributed by atoms with Crippen molar-refractivity contribution in [3.05, 3.63) is 82.5 Å². The lowest BCUT2D eigenvalue weighted by Gasteiger charge is -2.52. The van der Waals surface area contributed by atoms with Crippen molar-refractivity contribution in [2.75, 3.05) is 0 Å². The van der Waals surface area contributed by atoms with Gasteiger partial charge < -0.3 is 10.8 Å². The van der Waals surface area contributed by atoms with Gasteiger partial charge in [0.25, 0.3) is 0 Å². The van der Waals surface area contributed by atoms with Gasteiger partial charge in [-0.05, 0) is 102 Å². The minimum Gasteiger partial charge on any atom is -0.393 e. The summed E-state index contributed by atoms with van der Waals surface area (Å²) < 4.78 is 0. The predicted molar refractivity (Wildman–Crippen MR) is 137 cm³/mol. The molecule has 4 heteroatoms. The van der Waals surface area contributed by atoms with Crippen LogP contribution in [0.15, 0.2) is 71.3 Å². The number of fused-ring (bicyclic) bond motifs is 4. The lowest BCUT2D eigenvalue weighted by atomic mass is 9.53. The van der Waals surface area contributed by atoms with Gasteiger partial charge in [-0.3, -0.25) is 9.59 Å². The first-order valence-corrected chi connectivity index (χ1v) is 13.0. The Morgan fingerprint density at radius 2 is 1.63 bits per heavy atom. The molecule has 5 atom stereocenters. The fraction of sp³-hybridized carbons (Fsp3) is 0.419.